The van der Waals surface area contributed by atoms with Gasteiger partial charge in [-0.05, 0) is 75.8 Å². The summed E-state index contributed by atoms with van der Waals surface area (Å²) in [6.45, 7) is 2.10. The van der Waals surface area contributed by atoms with Gasteiger partial charge >= 0.3 is 5.97 Å². The van der Waals surface area contributed by atoms with Crippen molar-refractivity contribution in [1.29, 1.82) is 0 Å². The summed E-state index contributed by atoms with van der Waals surface area (Å²) in [7, 11) is 1.46. The molecule has 2 aromatic rings. The molecule has 0 amide bonds. The third-order valence-electron chi connectivity index (χ3n) is 9.79. The number of piperidine rings is 1. The van der Waals surface area contributed by atoms with E-state index in [1.807, 2.05) is 28.8 Å². The maximum Gasteiger partial charge on any atom is 0.306 e. The van der Waals surface area contributed by atoms with Gasteiger partial charge in [-0.25, -0.2) is 4.98 Å². The fraction of sp³-hybridized carbons (Fsp3) is 0.677. The van der Waals surface area contributed by atoms with Gasteiger partial charge in [0.05, 0.1) is 24.1 Å². The Bertz CT molecular complexity index is 1260. The van der Waals surface area contributed by atoms with E-state index in [1.54, 1.807) is 6.92 Å². The number of esters is 1. The molecule has 2 aliphatic carbocycles. The average Bonchev–Trinajstić information content (AvgIpc) is 3.20. The highest BCUT2D eigenvalue weighted by molar-refractivity contribution is 6.00. The molecular weight excluding hydrogens is 492 g/mol. The second-order valence-corrected chi connectivity index (χ2v) is 12.1. The number of ether oxygens (including phenoxy) is 1. The minimum atomic E-state index is -0.321. The lowest BCUT2D eigenvalue weighted by Crippen LogP contribution is -2.52. The lowest BCUT2D eigenvalue weighted by molar-refractivity contribution is -0.142. The normalized spacial score (nSPS) is 30.9. The molecule has 210 valence electrons. The second-order valence-electron chi connectivity index (χ2n) is 12.1. The van der Waals surface area contributed by atoms with E-state index in [1.165, 1.54) is 58.5 Å². The van der Waals surface area contributed by atoms with E-state index in [0.29, 0.717) is 24.4 Å². The van der Waals surface area contributed by atoms with Crippen molar-refractivity contribution in [3.8, 4) is 0 Å². The van der Waals surface area contributed by atoms with Crippen LogP contribution in [0, 0.1) is 11.8 Å². The number of nitrogens with zero attached hydrogens (tertiary/aromatic N) is 4. The third kappa shape index (κ3) is 5.24. The molecule has 8 nitrogen and oxygen atoms in total. The van der Waals surface area contributed by atoms with E-state index >= 15 is 0 Å². The quantitative estimate of drug-likeness (QED) is 0.262. The van der Waals surface area contributed by atoms with Crippen LogP contribution >= 0.6 is 0 Å². The first-order valence-corrected chi connectivity index (χ1v) is 15.1. The van der Waals surface area contributed by atoms with Gasteiger partial charge in [0.2, 0.25) is 0 Å². The minimum Gasteiger partial charge on any atom is -0.466 e. The Hall–Kier alpha value is -2.74. The predicted octanol–water partition coefficient (Wildman–Crippen LogP) is 5.23. The van der Waals surface area contributed by atoms with Crippen molar-refractivity contribution in [1.82, 2.24) is 14.5 Å². The lowest BCUT2D eigenvalue weighted by atomic mass is 9.69. The Morgan fingerprint density at radius 2 is 1.67 bits per heavy atom. The molecule has 4 fully saturated rings. The first kappa shape index (κ1) is 26.5. The lowest BCUT2D eigenvalue weighted by Gasteiger charge is -2.49. The van der Waals surface area contributed by atoms with Crippen molar-refractivity contribution < 1.29 is 14.4 Å². The largest absolute Gasteiger partial charge is 0.466 e. The summed E-state index contributed by atoms with van der Waals surface area (Å²) in [5, 5.41) is 4.15. The van der Waals surface area contributed by atoms with E-state index in [9.17, 15) is 9.59 Å². The number of rotatable bonds is 8. The van der Waals surface area contributed by atoms with Crippen molar-refractivity contribution in [2.24, 2.45) is 17.0 Å². The molecule has 8 heteroatoms. The molecule has 0 radical (unpaired) electrons. The number of benzene rings is 1. The zero-order valence-corrected chi connectivity index (χ0v) is 23.4. The van der Waals surface area contributed by atoms with Gasteiger partial charge < -0.3 is 14.1 Å². The molecule has 0 spiro atoms. The molecule has 2 aliphatic heterocycles. The van der Waals surface area contributed by atoms with E-state index in [-0.39, 0.29) is 36.1 Å². The molecule has 1 aromatic heterocycles. The summed E-state index contributed by atoms with van der Waals surface area (Å²) in [6.07, 6.45) is 13.3. The van der Waals surface area contributed by atoms with Crippen LogP contribution in [0.2, 0.25) is 0 Å². The van der Waals surface area contributed by atoms with Crippen molar-refractivity contribution in [2.75, 3.05) is 13.7 Å². The standard InChI is InChI=1S/C31H42N4O4/c1-3-39-29(36)14-13-27(33-38-2)30-31(37)35(28-10-5-4-9-26(28)32-30)25-18-22-11-12-23(19-25)34(22)24-16-20-7-6-8-21(15-20)17-24/h4-5,9-10,20-25H,3,6-8,11-19H2,1-2H3/t20?,21?,22-,23?,24?,25+/m1/s1. The van der Waals surface area contributed by atoms with Gasteiger partial charge in [-0.1, -0.05) is 36.6 Å². The Balaban J connectivity index is 1.30. The SMILES string of the molecule is CCOC(=O)CCC(=NOC)c1nc2ccccc2n([C@@H]2CC3CC[C@H](C2)N3C2CC3CCCC(C3)C2)c1=O. The van der Waals surface area contributed by atoms with Crippen LogP contribution in [0.4, 0.5) is 0 Å². The third-order valence-corrected chi connectivity index (χ3v) is 9.79. The predicted molar refractivity (Wildman–Crippen MR) is 151 cm³/mol. The maximum atomic E-state index is 14.2. The molecule has 1 aromatic carbocycles. The Morgan fingerprint density at radius 1 is 0.949 bits per heavy atom. The Labute approximate surface area is 230 Å². The number of oxime groups is 1. The highest BCUT2D eigenvalue weighted by Gasteiger charge is 2.47. The van der Waals surface area contributed by atoms with Crippen LogP contribution in [0.25, 0.3) is 11.0 Å². The molecule has 3 heterocycles. The zero-order valence-electron chi connectivity index (χ0n) is 23.4. The fourth-order valence-electron chi connectivity index (χ4n) is 8.41. The summed E-state index contributed by atoms with van der Waals surface area (Å²) in [5.41, 5.74) is 2.16. The number of fused-ring (bicyclic) bond motifs is 5. The van der Waals surface area contributed by atoms with Gasteiger partial charge in [0.25, 0.3) is 5.56 Å². The van der Waals surface area contributed by atoms with Crippen LogP contribution in [0.5, 0.6) is 0 Å². The van der Waals surface area contributed by atoms with Gasteiger partial charge in [-0.2, -0.15) is 0 Å². The number of carbonyl (C=O) groups excluding carboxylic acids is 1. The number of hydrogen-bond acceptors (Lipinski definition) is 7. The van der Waals surface area contributed by atoms with Crippen LogP contribution in [-0.2, 0) is 14.4 Å². The highest BCUT2D eigenvalue weighted by atomic mass is 16.6. The van der Waals surface area contributed by atoms with Crippen LogP contribution in [0.3, 0.4) is 0 Å². The average molecular weight is 535 g/mol. The molecule has 4 bridgehead atoms. The van der Waals surface area contributed by atoms with Crippen LogP contribution in [0.15, 0.2) is 34.2 Å². The molecule has 6 rings (SSSR count). The summed E-state index contributed by atoms with van der Waals surface area (Å²) < 4.78 is 7.09. The van der Waals surface area contributed by atoms with Crippen molar-refractivity contribution in [3.05, 3.63) is 40.3 Å². The van der Waals surface area contributed by atoms with Crippen molar-refractivity contribution in [3.63, 3.8) is 0 Å². The summed E-state index contributed by atoms with van der Waals surface area (Å²) in [4.78, 5) is 39.0. The summed E-state index contributed by atoms with van der Waals surface area (Å²) >= 11 is 0. The van der Waals surface area contributed by atoms with Gasteiger partial charge in [-0.3, -0.25) is 14.5 Å². The van der Waals surface area contributed by atoms with E-state index < -0.39 is 0 Å². The fourth-order valence-corrected chi connectivity index (χ4v) is 8.41. The smallest absolute Gasteiger partial charge is 0.306 e. The molecule has 39 heavy (non-hydrogen) atoms. The molecule has 2 saturated carbocycles. The summed E-state index contributed by atoms with van der Waals surface area (Å²) in [5.74, 6) is 1.52. The molecular formula is C31H42N4O4. The minimum absolute atomic E-state index is 0.120. The van der Waals surface area contributed by atoms with E-state index in [2.05, 4.69) is 10.1 Å². The van der Waals surface area contributed by atoms with E-state index in [4.69, 9.17) is 14.6 Å². The van der Waals surface area contributed by atoms with Crippen LogP contribution in [0.1, 0.15) is 95.7 Å². The van der Waals surface area contributed by atoms with E-state index in [0.717, 1.165) is 41.8 Å². The monoisotopic (exact) mass is 534 g/mol. The van der Waals surface area contributed by atoms with Crippen LogP contribution < -0.4 is 5.56 Å². The number of hydrogen-bond donors (Lipinski definition) is 0. The summed E-state index contributed by atoms with van der Waals surface area (Å²) in [6, 6.07) is 9.81. The Kier molecular flexibility index (Phi) is 7.74. The molecule has 2 saturated heterocycles. The maximum absolute atomic E-state index is 14.2. The number of carbonyl (C=O) groups is 1. The zero-order chi connectivity index (χ0) is 26.9. The van der Waals surface area contributed by atoms with Crippen molar-refractivity contribution >= 4 is 22.7 Å². The second kappa shape index (κ2) is 11.4. The Morgan fingerprint density at radius 3 is 2.36 bits per heavy atom. The van der Waals surface area contributed by atoms with Gasteiger partial charge in [0.1, 0.15) is 12.8 Å². The molecule has 0 N–H and O–H groups in total. The topological polar surface area (TPSA) is 86.0 Å². The number of aromatic nitrogens is 2. The molecule has 3 unspecified atom stereocenters. The molecule has 5 atom stereocenters. The number of para-hydroxylation sites is 2. The highest BCUT2D eigenvalue weighted by Crippen LogP contribution is 2.48. The molecule has 4 aliphatic rings. The van der Waals surface area contributed by atoms with Crippen molar-refractivity contribution in [2.45, 2.75) is 108 Å². The first-order chi connectivity index (χ1) is 19.1. The van der Waals surface area contributed by atoms with Gasteiger partial charge in [0.15, 0.2) is 5.69 Å². The first-order valence-electron chi connectivity index (χ1n) is 15.1. The van der Waals surface area contributed by atoms with Crippen LogP contribution in [-0.4, -0.2) is 58.0 Å². The van der Waals surface area contributed by atoms with Gasteiger partial charge in [0, 0.05) is 30.6 Å². The van der Waals surface area contributed by atoms with Gasteiger partial charge in [-0.15, -0.1) is 0 Å².